The van der Waals surface area contributed by atoms with Crippen molar-refractivity contribution in [3.63, 3.8) is 0 Å². The van der Waals surface area contributed by atoms with E-state index >= 15 is 0 Å². The average Bonchev–Trinajstić information content (AvgIpc) is 3.08. The number of carboxylic acid groups (broad SMARTS) is 4. The highest BCUT2D eigenvalue weighted by atomic mass is 16.5. The van der Waals surface area contributed by atoms with Crippen LogP contribution >= 0.6 is 0 Å². The maximum Gasteiger partial charge on any atom is 0.340 e. The summed E-state index contributed by atoms with van der Waals surface area (Å²) in [5.74, 6) is -8.68. The largest absolute Gasteiger partial charge is 0.494 e. The van der Waals surface area contributed by atoms with Crippen molar-refractivity contribution in [1.29, 1.82) is 0 Å². The second-order valence-electron chi connectivity index (χ2n) is 11.8. The fraction of sp³-hybridized carbons (Fsp3) is 0.421. The summed E-state index contributed by atoms with van der Waals surface area (Å²) in [5.41, 5.74) is -4.40. The predicted octanol–water partition coefficient (Wildman–Crippen LogP) is 9.54. The van der Waals surface area contributed by atoms with Gasteiger partial charge >= 0.3 is 23.9 Å². The molecule has 0 aromatic heterocycles. The zero-order chi connectivity index (χ0) is 36.5. The van der Waals surface area contributed by atoms with Crippen molar-refractivity contribution in [2.75, 3.05) is 13.2 Å². The topological polar surface area (TPSA) is 186 Å². The summed E-state index contributed by atoms with van der Waals surface area (Å²) in [4.78, 5) is 50.2. The lowest BCUT2D eigenvalue weighted by atomic mass is 9.94. The summed E-state index contributed by atoms with van der Waals surface area (Å²) in [6.45, 7) is 5.24. The van der Waals surface area contributed by atoms with Crippen LogP contribution in [0.5, 0.6) is 34.5 Å². The SMILES string of the molecule is CCCCCCCCOc1ccc(Oc2c(C(=O)O)c(C(=O)O)c(Oc3ccc(OCCCCCCCC)cc3)c(C(=O)O)c2C(=O)O)cc1. The average molecular weight is 695 g/mol. The van der Waals surface area contributed by atoms with Crippen LogP contribution in [-0.2, 0) is 0 Å². The van der Waals surface area contributed by atoms with E-state index in [2.05, 4.69) is 13.8 Å². The molecule has 0 amide bonds. The fourth-order valence-corrected chi connectivity index (χ4v) is 5.31. The summed E-state index contributed by atoms with van der Waals surface area (Å²) in [5, 5.41) is 40.6. The maximum absolute atomic E-state index is 12.5. The highest BCUT2D eigenvalue weighted by molar-refractivity contribution is 6.15. The minimum absolute atomic E-state index is 0.0835. The highest BCUT2D eigenvalue weighted by Gasteiger charge is 2.39. The van der Waals surface area contributed by atoms with Crippen molar-refractivity contribution in [2.45, 2.75) is 90.9 Å². The Morgan fingerprint density at radius 2 is 0.680 bits per heavy atom. The van der Waals surface area contributed by atoms with Gasteiger partial charge in [-0.05, 0) is 61.4 Å². The van der Waals surface area contributed by atoms with E-state index in [1.807, 2.05) is 0 Å². The van der Waals surface area contributed by atoms with Crippen molar-refractivity contribution >= 4 is 23.9 Å². The van der Waals surface area contributed by atoms with Gasteiger partial charge in [-0.15, -0.1) is 0 Å². The van der Waals surface area contributed by atoms with Crippen LogP contribution in [0.4, 0.5) is 0 Å². The first kappa shape index (κ1) is 39.2. The van der Waals surface area contributed by atoms with Gasteiger partial charge in [-0.1, -0.05) is 78.1 Å². The van der Waals surface area contributed by atoms with Crippen LogP contribution < -0.4 is 18.9 Å². The fourth-order valence-electron chi connectivity index (χ4n) is 5.31. The van der Waals surface area contributed by atoms with Crippen molar-refractivity contribution in [3.8, 4) is 34.5 Å². The van der Waals surface area contributed by atoms with E-state index in [9.17, 15) is 39.6 Å². The second-order valence-corrected chi connectivity index (χ2v) is 11.8. The zero-order valence-corrected chi connectivity index (χ0v) is 28.6. The smallest absolute Gasteiger partial charge is 0.340 e. The van der Waals surface area contributed by atoms with E-state index in [-0.39, 0.29) is 11.5 Å². The molecular formula is C38H46O12. The summed E-state index contributed by atoms with van der Waals surface area (Å²) in [6.07, 6.45) is 13.0. The van der Waals surface area contributed by atoms with Crippen LogP contribution in [0.1, 0.15) is 132 Å². The molecule has 3 rings (SSSR count). The van der Waals surface area contributed by atoms with E-state index in [0.717, 1.165) is 51.4 Å². The van der Waals surface area contributed by atoms with E-state index in [4.69, 9.17) is 18.9 Å². The minimum atomic E-state index is -1.88. The van der Waals surface area contributed by atoms with Crippen LogP contribution in [0.25, 0.3) is 0 Å². The number of carboxylic acids is 4. The molecule has 0 radical (unpaired) electrons. The van der Waals surface area contributed by atoms with Crippen LogP contribution in [0.2, 0.25) is 0 Å². The van der Waals surface area contributed by atoms with Gasteiger partial charge < -0.3 is 39.4 Å². The van der Waals surface area contributed by atoms with Crippen LogP contribution in [0.3, 0.4) is 0 Å². The van der Waals surface area contributed by atoms with Crippen LogP contribution in [0, 0.1) is 0 Å². The molecular weight excluding hydrogens is 648 g/mol. The first-order chi connectivity index (χ1) is 24.1. The Kier molecular flexibility index (Phi) is 15.9. The molecule has 3 aromatic rings. The van der Waals surface area contributed by atoms with Gasteiger partial charge in [-0.3, -0.25) is 0 Å². The molecule has 3 aromatic carbocycles. The van der Waals surface area contributed by atoms with Crippen LogP contribution in [-0.4, -0.2) is 57.5 Å². The molecule has 0 aliphatic rings. The van der Waals surface area contributed by atoms with Gasteiger partial charge in [0.05, 0.1) is 13.2 Å². The summed E-state index contributed by atoms with van der Waals surface area (Å²) in [6, 6.07) is 11.5. The van der Waals surface area contributed by atoms with Crippen molar-refractivity contribution < 1.29 is 58.6 Å². The molecule has 12 nitrogen and oxygen atoms in total. The number of benzene rings is 3. The second kappa shape index (κ2) is 20.3. The molecule has 0 aliphatic heterocycles. The van der Waals surface area contributed by atoms with Crippen LogP contribution in [0.15, 0.2) is 48.5 Å². The monoisotopic (exact) mass is 694 g/mol. The van der Waals surface area contributed by atoms with E-state index < -0.39 is 57.6 Å². The lowest BCUT2D eigenvalue weighted by molar-refractivity contribution is 0.0626. The van der Waals surface area contributed by atoms with Crippen molar-refractivity contribution in [1.82, 2.24) is 0 Å². The predicted molar refractivity (Wildman–Crippen MR) is 185 cm³/mol. The van der Waals surface area contributed by atoms with Gasteiger partial charge in [0.2, 0.25) is 0 Å². The number of ether oxygens (including phenoxy) is 4. The molecule has 0 aliphatic carbocycles. The number of rotatable bonds is 24. The normalized spacial score (nSPS) is 10.8. The Morgan fingerprint density at radius 3 is 0.960 bits per heavy atom. The Bertz CT molecular complexity index is 1410. The van der Waals surface area contributed by atoms with E-state index in [0.29, 0.717) is 24.7 Å². The standard InChI is InChI=1S/C38H46O12/c1-3-5-7-9-11-13-23-47-25-15-19-27(20-16-25)49-33-29(35(39)40)31(37(43)44)34(32(38(45)46)30(33)36(41)42)50-28-21-17-26(18-22-28)48-24-14-12-10-8-6-4-2/h15-22H,3-14,23-24H2,1-2H3,(H,39,40)(H,41,42)(H,43,44)(H,45,46). The van der Waals surface area contributed by atoms with Crippen molar-refractivity contribution in [2.24, 2.45) is 0 Å². The molecule has 0 unspecified atom stereocenters. The Balaban J connectivity index is 1.90. The first-order valence-electron chi connectivity index (χ1n) is 17.1. The van der Waals surface area contributed by atoms with Gasteiger partial charge in [0.25, 0.3) is 0 Å². The molecule has 0 heterocycles. The number of aromatic carboxylic acids is 4. The summed E-state index contributed by atoms with van der Waals surface area (Å²) in [7, 11) is 0. The molecule has 12 heteroatoms. The molecule has 0 fully saturated rings. The minimum Gasteiger partial charge on any atom is -0.494 e. The molecule has 0 saturated carbocycles. The zero-order valence-electron chi connectivity index (χ0n) is 28.6. The Morgan fingerprint density at radius 1 is 0.420 bits per heavy atom. The van der Waals surface area contributed by atoms with Gasteiger partial charge in [0, 0.05) is 0 Å². The third-order valence-corrected chi connectivity index (χ3v) is 7.88. The number of hydrogen-bond acceptors (Lipinski definition) is 8. The Labute approximate surface area is 291 Å². The third kappa shape index (κ3) is 11.4. The first-order valence-corrected chi connectivity index (χ1v) is 17.1. The molecule has 4 N–H and O–H groups in total. The molecule has 0 saturated heterocycles. The van der Waals surface area contributed by atoms with Gasteiger partial charge in [-0.2, -0.15) is 0 Å². The van der Waals surface area contributed by atoms with Gasteiger partial charge in [-0.25, -0.2) is 19.2 Å². The lowest BCUT2D eigenvalue weighted by Gasteiger charge is -2.20. The third-order valence-electron chi connectivity index (χ3n) is 7.88. The number of hydrogen-bond donors (Lipinski definition) is 4. The molecule has 0 atom stereocenters. The van der Waals surface area contributed by atoms with E-state index in [1.165, 1.54) is 74.2 Å². The van der Waals surface area contributed by atoms with E-state index in [1.54, 1.807) is 0 Å². The molecule has 270 valence electrons. The van der Waals surface area contributed by atoms with Crippen molar-refractivity contribution in [3.05, 3.63) is 70.8 Å². The highest BCUT2D eigenvalue weighted by Crippen LogP contribution is 2.43. The lowest BCUT2D eigenvalue weighted by Crippen LogP contribution is -2.20. The van der Waals surface area contributed by atoms with Gasteiger partial charge in [0.1, 0.15) is 45.3 Å². The maximum atomic E-state index is 12.5. The Hall–Kier alpha value is -5.26. The summed E-state index contributed by atoms with van der Waals surface area (Å²) >= 11 is 0. The summed E-state index contributed by atoms with van der Waals surface area (Å²) < 4.78 is 22.8. The number of carbonyl (C=O) groups is 4. The molecule has 50 heavy (non-hydrogen) atoms. The molecule has 0 bridgehead atoms. The molecule has 0 spiro atoms. The number of unbranched alkanes of at least 4 members (excludes halogenated alkanes) is 10. The quantitative estimate of drug-likeness (QED) is 0.0652. The van der Waals surface area contributed by atoms with Gasteiger partial charge in [0.15, 0.2) is 11.5 Å².